The minimum atomic E-state index is -2.04. The second kappa shape index (κ2) is 5.20. The van der Waals surface area contributed by atoms with E-state index in [-0.39, 0.29) is 0 Å². The first-order chi connectivity index (χ1) is 11.3. The molecule has 2 aliphatic rings. The molecule has 24 heavy (non-hydrogen) atoms. The van der Waals surface area contributed by atoms with Crippen LogP contribution in [-0.4, -0.2) is 12.1 Å². The minimum absolute atomic E-state index is 0.800. The molecule has 1 aromatic rings. The van der Waals surface area contributed by atoms with Crippen LogP contribution in [0.3, 0.4) is 0 Å². The molecule has 120 valence electrons. The van der Waals surface area contributed by atoms with Gasteiger partial charge in [-0.3, -0.25) is 9.98 Å². The van der Waals surface area contributed by atoms with Crippen LogP contribution in [0.25, 0.3) is 0 Å². The molecule has 1 heterocycles. The fourth-order valence-electron chi connectivity index (χ4n) is 2.42. The van der Waals surface area contributed by atoms with E-state index in [2.05, 4.69) is 9.98 Å². The quantitative estimate of drug-likeness (QED) is 0.534. The van der Waals surface area contributed by atoms with Gasteiger partial charge in [0.05, 0.1) is 5.57 Å². The molecule has 0 bridgehead atoms. The highest BCUT2D eigenvalue weighted by molar-refractivity contribution is 5.47. The van der Waals surface area contributed by atoms with E-state index in [1.54, 1.807) is 0 Å². The highest BCUT2D eigenvalue weighted by atomic mass is 19.2. The van der Waals surface area contributed by atoms with Crippen molar-refractivity contribution in [1.82, 2.24) is 0 Å². The van der Waals surface area contributed by atoms with E-state index in [1.165, 1.54) is 12.1 Å². The molecule has 0 saturated carbocycles. The monoisotopic (exact) mass is 340 g/mol. The molecule has 1 aliphatic heterocycles. The maximum atomic E-state index is 13.9. The lowest BCUT2D eigenvalue weighted by molar-refractivity contribution is 0.393. The van der Waals surface area contributed by atoms with Crippen LogP contribution in [0.15, 0.2) is 33.0 Å². The Morgan fingerprint density at radius 2 is 1.33 bits per heavy atom. The van der Waals surface area contributed by atoms with Crippen molar-refractivity contribution in [3.8, 4) is 12.1 Å². The van der Waals surface area contributed by atoms with Crippen molar-refractivity contribution in [3.63, 3.8) is 0 Å². The number of halogens is 6. The zero-order valence-electron chi connectivity index (χ0n) is 11.2. The molecule has 0 saturated heterocycles. The van der Waals surface area contributed by atoms with Crippen molar-refractivity contribution >= 4 is 0 Å². The van der Waals surface area contributed by atoms with Crippen molar-refractivity contribution in [1.29, 1.82) is 10.5 Å². The van der Waals surface area contributed by atoms with Gasteiger partial charge < -0.3 is 0 Å². The molecule has 1 aromatic carbocycles. The summed E-state index contributed by atoms with van der Waals surface area (Å²) in [6.45, 7) is 0. The maximum absolute atomic E-state index is 13.9. The molecule has 2 unspecified atom stereocenters. The molecule has 1 aliphatic carbocycles. The van der Waals surface area contributed by atoms with Gasteiger partial charge in [0.2, 0.25) is 0 Å². The second-order valence-corrected chi connectivity index (χ2v) is 4.78. The summed E-state index contributed by atoms with van der Waals surface area (Å²) in [6, 6.07) is -1.20. The van der Waals surface area contributed by atoms with Gasteiger partial charge in [-0.2, -0.15) is 10.5 Å². The number of nitriles is 2. The zero-order valence-corrected chi connectivity index (χ0v) is 11.2. The summed E-state index contributed by atoms with van der Waals surface area (Å²) >= 11 is 0. The number of allylic oxidation sites excluding steroid dienone is 2. The Bertz CT molecular complexity index is 1060. The van der Waals surface area contributed by atoms with Crippen molar-refractivity contribution in [2.45, 2.75) is 12.1 Å². The Morgan fingerprint density at radius 1 is 0.708 bits per heavy atom. The third-order valence-corrected chi connectivity index (χ3v) is 3.54. The van der Waals surface area contributed by atoms with Crippen LogP contribution in [0, 0.1) is 40.1 Å². The third kappa shape index (κ3) is 1.86. The van der Waals surface area contributed by atoms with Gasteiger partial charge in [-0.1, -0.05) is 0 Å². The van der Waals surface area contributed by atoms with E-state index in [0.29, 0.717) is 0 Å². The summed E-state index contributed by atoms with van der Waals surface area (Å²) in [7, 11) is 0. The highest BCUT2D eigenvalue weighted by Crippen LogP contribution is 2.36. The van der Waals surface area contributed by atoms with Crippen LogP contribution in [0.2, 0.25) is 0 Å². The van der Waals surface area contributed by atoms with Gasteiger partial charge in [-0.25, -0.2) is 26.3 Å². The summed E-state index contributed by atoms with van der Waals surface area (Å²) in [5.74, 6) is -11.3. The van der Waals surface area contributed by atoms with Gasteiger partial charge in [0.25, 0.3) is 0 Å². The largest absolute Gasteiger partial charge is 0.270 e. The van der Waals surface area contributed by atoms with Crippen molar-refractivity contribution in [3.05, 3.63) is 56.8 Å². The Morgan fingerprint density at radius 3 is 1.92 bits per heavy atom. The summed E-state index contributed by atoms with van der Waals surface area (Å²) in [4.78, 5) is 6.95. The van der Waals surface area contributed by atoms with E-state index in [9.17, 15) is 26.3 Å². The summed E-state index contributed by atoms with van der Waals surface area (Å²) in [5.41, 5.74) is -2.00. The van der Waals surface area contributed by atoms with Gasteiger partial charge in [0.15, 0.2) is 34.9 Å². The van der Waals surface area contributed by atoms with Crippen LogP contribution in [0.1, 0.15) is 5.56 Å². The molecular weight excluding hydrogens is 338 g/mol. The molecule has 4 nitrogen and oxygen atoms in total. The van der Waals surface area contributed by atoms with Gasteiger partial charge in [-0.05, 0) is 0 Å². The number of hydrogen-bond donors (Lipinski definition) is 0. The summed E-state index contributed by atoms with van der Waals surface area (Å²) in [6.07, 6.45) is 0. The molecule has 0 amide bonds. The van der Waals surface area contributed by atoms with E-state index < -0.39 is 68.9 Å². The van der Waals surface area contributed by atoms with Crippen LogP contribution >= 0.6 is 0 Å². The fraction of sp³-hybridized carbons (Fsp3) is 0.143. The Kier molecular flexibility index (Phi) is 3.41. The van der Waals surface area contributed by atoms with Gasteiger partial charge in [0, 0.05) is 0 Å². The minimum Gasteiger partial charge on any atom is -0.270 e. The molecule has 10 heteroatoms. The summed E-state index contributed by atoms with van der Waals surface area (Å²) in [5, 5.41) is 16.0. The average molecular weight is 340 g/mol. The third-order valence-electron chi connectivity index (χ3n) is 3.54. The van der Waals surface area contributed by atoms with E-state index in [4.69, 9.17) is 10.5 Å². The molecule has 2 atom stereocenters. The number of nitrogens with zero attached hydrogens (tertiary/aromatic N) is 4. The number of hydrogen-bond acceptors (Lipinski definition) is 4. The van der Waals surface area contributed by atoms with E-state index in [0.717, 1.165) is 0 Å². The molecule has 0 N–H and O–H groups in total. The molecule has 0 spiro atoms. The lowest BCUT2D eigenvalue weighted by atomic mass is 9.92. The van der Waals surface area contributed by atoms with E-state index >= 15 is 0 Å². The van der Waals surface area contributed by atoms with Gasteiger partial charge in [-0.15, -0.1) is 0 Å². The number of rotatable bonds is 0. The van der Waals surface area contributed by atoms with Crippen LogP contribution in [-0.2, 0) is 0 Å². The van der Waals surface area contributed by atoms with E-state index in [1.807, 2.05) is 0 Å². The molecule has 0 radical (unpaired) electrons. The van der Waals surface area contributed by atoms with Gasteiger partial charge >= 0.3 is 0 Å². The SMILES string of the molecule is N#CC1=C(F)C(F)=C(F)C2N=c3c(F)c(F)c(F)c(C#N)c3=NC12. The Labute approximate surface area is 129 Å². The van der Waals surface area contributed by atoms with Crippen molar-refractivity contribution < 1.29 is 26.3 Å². The summed E-state index contributed by atoms with van der Waals surface area (Å²) < 4.78 is 81.9. The Balaban J connectivity index is 2.48. The average Bonchev–Trinajstić information content (AvgIpc) is 2.58. The lowest BCUT2D eigenvalue weighted by Gasteiger charge is -2.25. The highest BCUT2D eigenvalue weighted by Gasteiger charge is 2.41. The first-order valence-electron chi connectivity index (χ1n) is 6.21. The smallest absolute Gasteiger partial charge is 0.198 e. The van der Waals surface area contributed by atoms with Gasteiger partial charge in [0.1, 0.15) is 40.5 Å². The predicted molar refractivity (Wildman–Crippen MR) is 63.9 cm³/mol. The standard InChI is InChI=1S/C14H2F6N4/c15-5-3(1-21)11-13(9(19)7(5)17)24-14-10(20)8(18)6(16)4(2-22)12(14)23-11/h11,13H. The predicted octanol–water partition coefficient (Wildman–Crippen LogP) is 1.88. The normalized spacial score (nSPS) is 22.0. The second-order valence-electron chi connectivity index (χ2n) is 4.78. The number of benzene rings is 1. The van der Waals surface area contributed by atoms with Crippen LogP contribution < -0.4 is 10.7 Å². The zero-order chi connectivity index (χ0) is 17.8. The van der Waals surface area contributed by atoms with Crippen molar-refractivity contribution in [2.24, 2.45) is 9.98 Å². The number of fused-ring (bicyclic) bond motifs is 2. The molecule has 0 fully saturated rings. The molecule has 0 aromatic heterocycles. The first kappa shape index (κ1) is 15.7. The maximum Gasteiger partial charge on any atom is 0.198 e. The van der Waals surface area contributed by atoms with Crippen molar-refractivity contribution in [2.75, 3.05) is 0 Å². The molecule has 3 rings (SSSR count). The fourth-order valence-corrected chi connectivity index (χ4v) is 2.42. The topological polar surface area (TPSA) is 72.3 Å². The van der Waals surface area contributed by atoms with Crippen LogP contribution in [0.4, 0.5) is 26.3 Å². The first-order valence-corrected chi connectivity index (χ1v) is 6.21. The molecular formula is C14H2F6N4. The van der Waals surface area contributed by atoms with Crippen LogP contribution in [0.5, 0.6) is 0 Å². The Hall–Kier alpha value is -3.14. The lowest BCUT2D eigenvalue weighted by Crippen LogP contribution is -2.46.